The molecule has 0 atom stereocenters. The molecule has 0 aliphatic carbocycles. The van der Waals surface area contributed by atoms with Gasteiger partial charge in [0.25, 0.3) is 5.56 Å². The monoisotopic (exact) mass is 299 g/mol. The predicted octanol–water partition coefficient (Wildman–Crippen LogP) is 0.956. The van der Waals surface area contributed by atoms with Crippen LogP contribution in [0.2, 0.25) is 0 Å². The van der Waals surface area contributed by atoms with E-state index >= 15 is 0 Å². The SMILES string of the molecule is Cn1c(=O)ccn(Cc2cc(-c3cccc(O)c3)no2)c1=O. The molecule has 0 aliphatic rings. The molecule has 0 aliphatic heterocycles. The molecule has 0 radical (unpaired) electrons. The molecule has 3 rings (SSSR count). The summed E-state index contributed by atoms with van der Waals surface area (Å²) in [7, 11) is 1.42. The van der Waals surface area contributed by atoms with E-state index in [-0.39, 0.29) is 17.9 Å². The second-order valence-electron chi connectivity index (χ2n) is 4.85. The van der Waals surface area contributed by atoms with Crippen molar-refractivity contribution in [3.05, 3.63) is 69.2 Å². The van der Waals surface area contributed by atoms with Gasteiger partial charge >= 0.3 is 5.69 Å². The molecular formula is C15H13N3O4. The lowest BCUT2D eigenvalue weighted by molar-refractivity contribution is 0.374. The lowest BCUT2D eigenvalue weighted by Crippen LogP contribution is -2.36. The van der Waals surface area contributed by atoms with Gasteiger partial charge in [-0.05, 0) is 12.1 Å². The maximum Gasteiger partial charge on any atom is 0.331 e. The van der Waals surface area contributed by atoms with Gasteiger partial charge in [0.2, 0.25) is 0 Å². The fraction of sp³-hybridized carbons (Fsp3) is 0.133. The zero-order valence-corrected chi connectivity index (χ0v) is 11.8. The number of hydrogen-bond donors (Lipinski definition) is 1. The number of aromatic hydroxyl groups is 1. The number of phenolic OH excluding ortho intramolecular Hbond substituents is 1. The Kier molecular flexibility index (Phi) is 3.38. The van der Waals surface area contributed by atoms with Gasteiger partial charge in [-0.15, -0.1) is 0 Å². The molecule has 1 N–H and O–H groups in total. The maximum atomic E-state index is 11.9. The van der Waals surface area contributed by atoms with E-state index in [0.717, 1.165) is 4.57 Å². The Bertz CT molecular complexity index is 936. The summed E-state index contributed by atoms with van der Waals surface area (Å²) in [6.45, 7) is 0.165. The largest absolute Gasteiger partial charge is 0.508 e. The molecule has 7 heteroatoms. The summed E-state index contributed by atoms with van der Waals surface area (Å²) in [6.07, 6.45) is 1.42. The van der Waals surface area contributed by atoms with Crippen LogP contribution in [0, 0.1) is 0 Å². The second-order valence-corrected chi connectivity index (χ2v) is 4.85. The van der Waals surface area contributed by atoms with Crippen molar-refractivity contribution in [2.45, 2.75) is 6.54 Å². The quantitative estimate of drug-likeness (QED) is 0.778. The standard InChI is InChI=1S/C15H13N3O4/c1-17-14(20)5-6-18(15(17)21)9-12-8-13(16-22-12)10-3-2-4-11(19)7-10/h2-8,19H,9H2,1H3. The molecule has 0 unspecified atom stereocenters. The number of nitrogens with zero attached hydrogens (tertiary/aromatic N) is 3. The van der Waals surface area contributed by atoms with Crippen LogP contribution in [0.1, 0.15) is 5.76 Å². The number of rotatable bonds is 3. The van der Waals surface area contributed by atoms with Crippen LogP contribution in [0.15, 0.2) is 56.7 Å². The van der Waals surface area contributed by atoms with Gasteiger partial charge in [0.05, 0.1) is 6.54 Å². The van der Waals surface area contributed by atoms with Crippen LogP contribution >= 0.6 is 0 Å². The van der Waals surface area contributed by atoms with E-state index in [1.54, 1.807) is 30.3 Å². The lowest BCUT2D eigenvalue weighted by atomic mass is 10.1. The number of phenols is 1. The van der Waals surface area contributed by atoms with Crippen molar-refractivity contribution in [2.75, 3.05) is 0 Å². The maximum absolute atomic E-state index is 11.9. The van der Waals surface area contributed by atoms with Gasteiger partial charge in [-0.2, -0.15) is 0 Å². The Morgan fingerprint density at radius 3 is 2.82 bits per heavy atom. The van der Waals surface area contributed by atoms with Gasteiger partial charge in [0.1, 0.15) is 11.4 Å². The van der Waals surface area contributed by atoms with E-state index in [4.69, 9.17) is 4.52 Å². The van der Waals surface area contributed by atoms with E-state index in [2.05, 4.69) is 5.16 Å². The second kappa shape index (κ2) is 5.36. The third kappa shape index (κ3) is 2.56. The van der Waals surface area contributed by atoms with Crippen molar-refractivity contribution < 1.29 is 9.63 Å². The predicted molar refractivity (Wildman–Crippen MR) is 78.6 cm³/mol. The first-order valence-corrected chi connectivity index (χ1v) is 6.56. The lowest BCUT2D eigenvalue weighted by Gasteiger charge is -2.03. The molecule has 0 spiro atoms. The third-order valence-electron chi connectivity index (χ3n) is 3.29. The highest BCUT2D eigenvalue weighted by molar-refractivity contribution is 5.60. The van der Waals surface area contributed by atoms with Crippen molar-refractivity contribution in [3.63, 3.8) is 0 Å². The van der Waals surface area contributed by atoms with E-state index in [1.807, 2.05) is 0 Å². The molecule has 0 saturated heterocycles. The Morgan fingerprint density at radius 2 is 2.05 bits per heavy atom. The summed E-state index contributed by atoms with van der Waals surface area (Å²) in [5.74, 6) is 0.607. The minimum Gasteiger partial charge on any atom is -0.508 e. The van der Waals surface area contributed by atoms with Crippen molar-refractivity contribution >= 4 is 0 Å². The summed E-state index contributed by atoms with van der Waals surface area (Å²) < 4.78 is 7.58. The van der Waals surface area contributed by atoms with Gasteiger partial charge in [0.15, 0.2) is 5.76 Å². The molecule has 7 nitrogen and oxygen atoms in total. The van der Waals surface area contributed by atoms with Crippen LogP contribution in [0.25, 0.3) is 11.3 Å². The number of aromatic nitrogens is 3. The molecule has 1 aromatic carbocycles. The summed E-state index contributed by atoms with van der Waals surface area (Å²) in [4.78, 5) is 23.3. The number of hydrogen-bond acceptors (Lipinski definition) is 5. The van der Waals surface area contributed by atoms with E-state index in [0.29, 0.717) is 17.0 Å². The van der Waals surface area contributed by atoms with Gasteiger partial charge in [-0.3, -0.25) is 13.9 Å². The topological polar surface area (TPSA) is 90.3 Å². The van der Waals surface area contributed by atoms with Gasteiger partial charge in [0, 0.05) is 30.9 Å². The first-order chi connectivity index (χ1) is 10.5. The molecule has 22 heavy (non-hydrogen) atoms. The highest BCUT2D eigenvalue weighted by atomic mass is 16.5. The van der Waals surface area contributed by atoms with Crippen molar-refractivity contribution in [1.82, 2.24) is 14.3 Å². The van der Waals surface area contributed by atoms with Crippen LogP contribution in [0.3, 0.4) is 0 Å². The first kappa shape index (κ1) is 13.9. The van der Waals surface area contributed by atoms with Crippen LogP contribution in [0.4, 0.5) is 0 Å². The fourth-order valence-corrected chi connectivity index (χ4v) is 2.09. The van der Waals surface area contributed by atoms with Crippen molar-refractivity contribution in [1.29, 1.82) is 0 Å². The molecule has 3 aromatic rings. The van der Waals surface area contributed by atoms with Crippen LogP contribution in [0.5, 0.6) is 5.75 Å². The molecule has 0 fully saturated rings. The molecule has 0 saturated carbocycles. The molecule has 2 heterocycles. The fourth-order valence-electron chi connectivity index (χ4n) is 2.09. The summed E-state index contributed by atoms with van der Waals surface area (Å²) in [6, 6.07) is 9.63. The summed E-state index contributed by atoms with van der Waals surface area (Å²) >= 11 is 0. The summed E-state index contributed by atoms with van der Waals surface area (Å²) in [5.41, 5.74) is 0.480. The number of benzene rings is 1. The minimum atomic E-state index is -0.428. The Morgan fingerprint density at radius 1 is 1.23 bits per heavy atom. The molecule has 0 bridgehead atoms. The average Bonchev–Trinajstić information content (AvgIpc) is 2.97. The van der Waals surface area contributed by atoms with E-state index < -0.39 is 5.69 Å². The summed E-state index contributed by atoms with van der Waals surface area (Å²) in [5, 5.41) is 13.4. The van der Waals surface area contributed by atoms with Crippen molar-refractivity contribution in [2.24, 2.45) is 7.05 Å². The molecule has 0 amide bonds. The zero-order valence-electron chi connectivity index (χ0n) is 11.8. The van der Waals surface area contributed by atoms with Gasteiger partial charge < -0.3 is 9.63 Å². The minimum absolute atomic E-state index is 0.135. The molecular weight excluding hydrogens is 286 g/mol. The first-order valence-electron chi connectivity index (χ1n) is 6.56. The third-order valence-corrected chi connectivity index (χ3v) is 3.29. The van der Waals surface area contributed by atoms with E-state index in [9.17, 15) is 14.7 Å². The molecule has 112 valence electrons. The van der Waals surface area contributed by atoms with Gasteiger partial charge in [-0.1, -0.05) is 17.3 Å². The van der Waals surface area contributed by atoms with Gasteiger partial charge in [-0.25, -0.2) is 4.79 Å². The highest BCUT2D eigenvalue weighted by Gasteiger charge is 2.09. The Labute approximate surface area is 124 Å². The smallest absolute Gasteiger partial charge is 0.331 e. The average molecular weight is 299 g/mol. The van der Waals surface area contributed by atoms with Crippen LogP contribution in [-0.4, -0.2) is 19.4 Å². The van der Waals surface area contributed by atoms with Crippen molar-refractivity contribution in [3.8, 4) is 17.0 Å². The highest BCUT2D eigenvalue weighted by Crippen LogP contribution is 2.22. The Balaban J connectivity index is 1.91. The van der Waals surface area contributed by atoms with Crippen LogP contribution < -0.4 is 11.2 Å². The zero-order chi connectivity index (χ0) is 15.7. The van der Waals surface area contributed by atoms with E-state index in [1.165, 1.54) is 23.9 Å². The van der Waals surface area contributed by atoms with Crippen LogP contribution in [-0.2, 0) is 13.6 Å². The normalized spacial score (nSPS) is 10.8. The Hall–Kier alpha value is -3.09. The molecule has 2 aromatic heterocycles.